The van der Waals surface area contributed by atoms with Crippen LogP contribution in [0, 0.1) is 0 Å². The van der Waals surface area contributed by atoms with Gasteiger partial charge in [0, 0.05) is 43.5 Å². The fraction of sp³-hybridized carbons (Fsp3) is 0.636. The maximum Gasteiger partial charge on any atom is 0.412 e. The number of benzene rings is 1. The van der Waals surface area contributed by atoms with Crippen LogP contribution < -0.4 is 9.80 Å². The van der Waals surface area contributed by atoms with Gasteiger partial charge in [0.05, 0.1) is 6.17 Å². The predicted molar refractivity (Wildman–Crippen MR) is 114 cm³/mol. The van der Waals surface area contributed by atoms with Crippen LogP contribution >= 0.6 is 0 Å². The average Bonchev–Trinajstić information content (AvgIpc) is 3.37. The molecule has 0 spiro atoms. The third-order valence-electron chi connectivity index (χ3n) is 7.36. The molecule has 2 fully saturated rings. The summed E-state index contributed by atoms with van der Waals surface area (Å²) < 4.78 is 0. The molecule has 1 aromatic rings. The van der Waals surface area contributed by atoms with E-state index in [1.165, 1.54) is 10.5 Å². The van der Waals surface area contributed by atoms with E-state index in [-0.39, 0.29) is 17.5 Å². The Kier molecular flexibility index (Phi) is 4.57. The predicted octanol–water partition coefficient (Wildman–Crippen LogP) is 2.94. The number of carbonyl (C=O) groups excluding carboxylic acids is 1. The molecule has 158 valence electrons. The number of amides is 2. The van der Waals surface area contributed by atoms with Crippen molar-refractivity contribution < 1.29 is 14.7 Å². The quantitative estimate of drug-likeness (QED) is 0.823. The number of carbonyl (C=O) groups is 2. The van der Waals surface area contributed by atoms with Crippen LogP contribution in [0.2, 0.25) is 0 Å². The van der Waals surface area contributed by atoms with E-state index >= 15 is 0 Å². The lowest BCUT2D eigenvalue weighted by molar-refractivity contribution is -0.133. The van der Waals surface area contributed by atoms with E-state index < -0.39 is 11.6 Å². The molecule has 1 N–H and O–H groups in total. The molecule has 3 aliphatic rings. The van der Waals surface area contributed by atoms with Crippen molar-refractivity contribution in [2.24, 2.45) is 0 Å². The minimum Gasteiger partial charge on any atom is -0.465 e. The van der Waals surface area contributed by atoms with Crippen LogP contribution in [-0.2, 0) is 10.2 Å². The fourth-order valence-corrected chi connectivity index (χ4v) is 5.70. The minimum atomic E-state index is -1.06. The number of rotatable bonds is 5. The highest BCUT2D eigenvalue weighted by molar-refractivity contribution is 6.02. The topological polar surface area (TPSA) is 67.3 Å². The van der Waals surface area contributed by atoms with Crippen molar-refractivity contribution in [3.8, 4) is 0 Å². The first-order valence-electron chi connectivity index (χ1n) is 10.6. The summed E-state index contributed by atoms with van der Waals surface area (Å²) in [5.41, 5.74) is 1.95. The van der Waals surface area contributed by atoms with Crippen molar-refractivity contribution in [2.45, 2.75) is 57.2 Å². The fourth-order valence-electron chi connectivity index (χ4n) is 5.70. The van der Waals surface area contributed by atoms with Gasteiger partial charge in [0.15, 0.2) is 0 Å². The molecule has 1 aromatic carbocycles. The van der Waals surface area contributed by atoms with Crippen LogP contribution in [0.3, 0.4) is 0 Å². The van der Waals surface area contributed by atoms with Crippen molar-refractivity contribution in [1.82, 2.24) is 9.80 Å². The summed E-state index contributed by atoms with van der Waals surface area (Å²) in [6.07, 6.45) is 1.41. The Morgan fingerprint density at radius 3 is 2.38 bits per heavy atom. The summed E-state index contributed by atoms with van der Waals surface area (Å²) in [7, 11) is 4.25. The zero-order chi connectivity index (χ0) is 21.1. The molecule has 29 heavy (non-hydrogen) atoms. The van der Waals surface area contributed by atoms with Crippen molar-refractivity contribution in [2.75, 3.05) is 43.5 Å². The number of carboxylic acid groups (broad SMARTS) is 1. The molecule has 0 aromatic heterocycles. The number of anilines is 2. The molecular formula is C22H32N4O3. The van der Waals surface area contributed by atoms with E-state index in [0.717, 1.165) is 18.7 Å². The molecule has 2 aliphatic heterocycles. The van der Waals surface area contributed by atoms with Crippen molar-refractivity contribution in [1.29, 1.82) is 0 Å². The van der Waals surface area contributed by atoms with Gasteiger partial charge in [-0.2, -0.15) is 0 Å². The van der Waals surface area contributed by atoms with Gasteiger partial charge >= 0.3 is 6.09 Å². The second-order valence-electron chi connectivity index (χ2n) is 8.96. The lowest BCUT2D eigenvalue weighted by Crippen LogP contribution is -2.53. The normalized spacial score (nSPS) is 26.8. The highest BCUT2D eigenvalue weighted by atomic mass is 16.4. The number of hydrogen-bond acceptors (Lipinski definition) is 4. The van der Waals surface area contributed by atoms with E-state index in [4.69, 9.17) is 0 Å². The van der Waals surface area contributed by atoms with Crippen molar-refractivity contribution >= 4 is 23.4 Å². The first kappa shape index (κ1) is 20.0. The van der Waals surface area contributed by atoms with Gasteiger partial charge < -0.3 is 14.9 Å². The largest absolute Gasteiger partial charge is 0.465 e. The van der Waals surface area contributed by atoms with Gasteiger partial charge in [-0.1, -0.05) is 6.92 Å². The van der Waals surface area contributed by atoms with Crippen LogP contribution in [0.1, 0.15) is 45.6 Å². The number of likely N-dealkylation sites (N-methyl/N-ethyl adjacent to an activating group) is 3. The Hall–Kier alpha value is -2.28. The van der Waals surface area contributed by atoms with Crippen LogP contribution in [0.15, 0.2) is 18.2 Å². The second-order valence-corrected chi connectivity index (χ2v) is 8.96. The molecule has 0 radical (unpaired) electrons. The molecular weight excluding hydrogens is 368 g/mol. The summed E-state index contributed by atoms with van der Waals surface area (Å²) in [4.78, 5) is 33.3. The molecule has 0 bridgehead atoms. The molecule has 1 saturated heterocycles. The van der Waals surface area contributed by atoms with E-state index in [2.05, 4.69) is 30.8 Å². The molecule has 7 heteroatoms. The molecule has 1 unspecified atom stereocenters. The Morgan fingerprint density at radius 1 is 1.17 bits per heavy atom. The summed E-state index contributed by atoms with van der Waals surface area (Å²) in [6, 6.07) is 5.91. The molecule has 2 amide bonds. The monoisotopic (exact) mass is 400 g/mol. The zero-order valence-corrected chi connectivity index (χ0v) is 18.1. The SMILES string of the molecule is CCN(CC)C(=O)C1(N(C(=O)O)c2ccc3c(c2)[C@]2(C)CCN(C)C2N3C)CC1. The molecule has 1 saturated carbocycles. The summed E-state index contributed by atoms with van der Waals surface area (Å²) in [5.74, 6) is -0.0767. The van der Waals surface area contributed by atoms with Crippen LogP contribution in [-0.4, -0.2) is 72.3 Å². The highest BCUT2D eigenvalue weighted by Gasteiger charge is 2.59. The lowest BCUT2D eigenvalue weighted by Gasteiger charge is -2.33. The smallest absolute Gasteiger partial charge is 0.412 e. The van der Waals surface area contributed by atoms with Gasteiger partial charge in [-0.05, 0) is 63.9 Å². The maximum absolute atomic E-state index is 13.2. The Labute approximate surface area is 172 Å². The Balaban J connectivity index is 1.76. The van der Waals surface area contributed by atoms with Gasteiger partial charge in [-0.3, -0.25) is 14.6 Å². The molecule has 2 heterocycles. The first-order chi connectivity index (χ1) is 13.7. The summed E-state index contributed by atoms with van der Waals surface area (Å²) in [6.45, 7) is 8.34. The standard InChI is InChI=1S/C22H32N4O3/c1-6-25(7-2)19(27)22(10-11-22)26(20(28)29)15-8-9-17-16(14-15)21(3)12-13-23(4)18(21)24(17)5/h8-9,14,18H,6-7,10-13H2,1-5H3,(H,28,29)/t18?,21-/m0/s1. The van der Waals surface area contributed by atoms with E-state index in [1.54, 1.807) is 4.90 Å². The van der Waals surface area contributed by atoms with Crippen LogP contribution in [0.4, 0.5) is 16.2 Å². The summed E-state index contributed by atoms with van der Waals surface area (Å²) >= 11 is 0. The molecule has 1 aliphatic carbocycles. The van der Waals surface area contributed by atoms with Gasteiger partial charge in [-0.25, -0.2) is 4.79 Å². The lowest BCUT2D eigenvalue weighted by atomic mass is 9.81. The van der Waals surface area contributed by atoms with E-state index in [0.29, 0.717) is 31.6 Å². The first-order valence-corrected chi connectivity index (χ1v) is 10.6. The number of hydrogen-bond donors (Lipinski definition) is 1. The van der Waals surface area contributed by atoms with Gasteiger partial charge in [0.1, 0.15) is 5.54 Å². The number of fused-ring (bicyclic) bond motifs is 3. The van der Waals surface area contributed by atoms with E-state index in [9.17, 15) is 14.7 Å². The third-order valence-corrected chi connectivity index (χ3v) is 7.36. The van der Waals surface area contributed by atoms with Gasteiger partial charge in [0.2, 0.25) is 5.91 Å². The molecule has 4 rings (SSSR count). The maximum atomic E-state index is 13.2. The van der Waals surface area contributed by atoms with E-state index in [1.807, 2.05) is 32.0 Å². The summed E-state index contributed by atoms with van der Waals surface area (Å²) in [5, 5.41) is 10.1. The number of likely N-dealkylation sites (tertiary alicyclic amines) is 1. The van der Waals surface area contributed by atoms with Crippen molar-refractivity contribution in [3.63, 3.8) is 0 Å². The van der Waals surface area contributed by atoms with Crippen LogP contribution in [0.5, 0.6) is 0 Å². The van der Waals surface area contributed by atoms with Gasteiger partial charge in [-0.15, -0.1) is 0 Å². The average molecular weight is 401 g/mol. The number of nitrogens with zero attached hydrogens (tertiary/aromatic N) is 4. The zero-order valence-electron chi connectivity index (χ0n) is 18.1. The second kappa shape index (κ2) is 6.62. The molecule has 2 atom stereocenters. The Bertz CT molecular complexity index is 848. The van der Waals surface area contributed by atoms with Gasteiger partial charge in [0.25, 0.3) is 0 Å². The Morgan fingerprint density at radius 2 is 1.83 bits per heavy atom. The minimum absolute atomic E-state index is 0.0430. The van der Waals surface area contributed by atoms with Crippen LogP contribution in [0.25, 0.3) is 0 Å². The third kappa shape index (κ3) is 2.66. The highest BCUT2D eigenvalue weighted by Crippen LogP contribution is 2.53. The van der Waals surface area contributed by atoms with Crippen molar-refractivity contribution in [3.05, 3.63) is 23.8 Å². The molecule has 7 nitrogen and oxygen atoms in total.